The first-order valence-electron chi connectivity index (χ1n) is 9.01. The normalized spacial score (nSPS) is 23.3. The molecule has 0 bridgehead atoms. The van der Waals surface area contributed by atoms with Crippen LogP contribution >= 0.6 is 12.4 Å². The Bertz CT molecular complexity index is 648. The molecule has 2 aromatic rings. The van der Waals surface area contributed by atoms with Gasteiger partial charge in [-0.1, -0.05) is 54.6 Å². The maximum atomic E-state index is 10.3. The maximum absolute atomic E-state index is 10.3. The van der Waals surface area contributed by atoms with Gasteiger partial charge in [-0.05, 0) is 62.6 Å². The summed E-state index contributed by atoms with van der Waals surface area (Å²) in [6.45, 7) is 6.49. The molecule has 1 fully saturated rings. The average molecular weight is 360 g/mol. The van der Waals surface area contributed by atoms with Crippen LogP contribution in [0.3, 0.4) is 0 Å². The summed E-state index contributed by atoms with van der Waals surface area (Å²) in [6.07, 6.45) is 2.78. The third-order valence-corrected chi connectivity index (χ3v) is 4.83. The van der Waals surface area contributed by atoms with Crippen molar-refractivity contribution in [2.45, 2.75) is 57.7 Å². The zero-order valence-corrected chi connectivity index (χ0v) is 16.2. The van der Waals surface area contributed by atoms with Crippen molar-refractivity contribution < 1.29 is 5.11 Å². The topological polar surface area (TPSA) is 32.3 Å². The van der Waals surface area contributed by atoms with Crippen LogP contribution in [0.15, 0.2) is 54.6 Å². The van der Waals surface area contributed by atoms with Gasteiger partial charge >= 0.3 is 0 Å². The lowest BCUT2D eigenvalue weighted by atomic mass is 9.95. The van der Waals surface area contributed by atoms with Crippen molar-refractivity contribution >= 4 is 12.4 Å². The molecule has 1 aliphatic rings. The quantitative estimate of drug-likeness (QED) is 0.818. The molecular weight excluding hydrogens is 330 g/mol. The highest BCUT2D eigenvalue weighted by Gasteiger charge is 2.34. The van der Waals surface area contributed by atoms with Gasteiger partial charge in [-0.25, -0.2) is 0 Å². The number of aliphatic hydroxyl groups is 1. The minimum absolute atomic E-state index is 0. The Hall–Kier alpha value is -1.35. The van der Waals surface area contributed by atoms with E-state index in [0.29, 0.717) is 5.92 Å². The molecule has 1 saturated carbocycles. The Morgan fingerprint density at radius 1 is 0.920 bits per heavy atom. The zero-order chi connectivity index (χ0) is 17.2. The van der Waals surface area contributed by atoms with Crippen LogP contribution in [0.25, 0.3) is 11.1 Å². The highest BCUT2D eigenvalue weighted by Crippen LogP contribution is 2.31. The summed E-state index contributed by atoms with van der Waals surface area (Å²) in [5.41, 5.74) is 3.94. The lowest BCUT2D eigenvalue weighted by Gasteiger charge is -2.27. The third kappa shape index (κ3) is 5.57. The van der Waals surface area contributed by atoms with E-state index in [-0.39, 0.29) is 30.1 Å². The van der Waals surface area contributed by atoms with Gasteiger partial charge in [0.2, 0.25) is 0 Å². The molecule has 0 amide bonds. The standard InChI is InChI=1S/C22H29NO.ClH/c1-22(2,3)23-20-14-17(15-21(20)24)13-16-9-11-19(12-10-16)18-7-5-4-6-8-18;/h4-12,17,20-21,23-24H,13-15H2,1-3H3;1H/t17-,20+,21+;/m0./s1. The van der Waals surface area contributed by atoms with Crippen molar-refractivity contribution in [1.29, 1.82) is 0 Å². The van der Waals surface area contributed by atoms with E-state index >= 15 is 0 Å². The lowest BCUT2D eigenvalue weighted by molar-refractivity contribution is 0.133. The summed E-state index contributed by atoms with van der Waals surface area (Å²) >= 11 is 0. The summed E-state index contributed by atoms with van der Waals surface area (Å²) in [5, 5.41) is 13.9. The van der Waals surface area contributed by atoms with Crippen LogP contribution in [0.2, 0.25) is 0 Å². The first-order valence-corrected chi connectivity index (χ1v) is 9.01. The van der Waals surface area contributed by atoms with E-state index in [4.69, 9.17) is 0 Å². The molecule has 0 saturated heterocycles. The molecule has 3 atom stereocenters. The Kier molecular flexibility index (Phi) is 6.67. The van der Waals surface area contributed by atoms with Crippen molar-refractivity contribution in [3.63, 3.8) is 0 Å². The van der Waals surface area contributed by atoms with Gasteiger partial charge in [-0.15, -0.1) is 12.4 Å². The Morgan fingerprint density at radius 2 is 1.52 bits per heavy atom. The second-order valence-corrected chi connectivity index (χ2v) is 8.17. The summed E-state index contributed by atoms with van der Waals surface area (Å²) < 4.78 is 0. The van der Waals surface area contributed by atoms with Crippen molar-refractivity contribution in [2.24, 2.45) is 5.92 Å². The van der Waals surface area contributed by atoms with Crippen LogP contribution in [0, 0.1) is 5.92 Å². The SMILES string of the molecule is CC(C)(C)N[C@@H]1C[C@H](Cc2ccc(-c3ccccc3)cc2)C[C@H]1O.Cl. The molecule has 2 aromatic carbocycles. The molecule has 0 unspecified atom stereocenters. The minimum atomic E-state index is -0.224. The highest BCUT2D eigenvalue weighted by atomic mass is 35.5. The number of hydrogen-bond donors (Lipinski definition) is 2. The summed E-state index contributed by atoms with van der Waals surface area (Å²) in [4.78, 5) is 0. The number of rotatable bonds is 4. The molecule has 3 heteroatoms. The lowest BCUT2D eigenvalue weighted by Crippen LogP contribution is -2.47. The summed E-state index contributed by atoms with van der Waals surface area (Å²) in [5.74, 6) is 0.558. The highest BCUT2D eigenvalue weighted by molar-refractivity contribution is 5.85. The fourth-order valence-electron chi connectivity index (χ4n) is 3.79. The van der Waals surface area contributed by atoms with E-state index in [1.165, 1.54) is 16.7 Å². The largest absolute Gasteiger partial charge is 0.391 e. The van der Waals surface area contributed by atoms with Crippen LogP contribution in [-0.2, 0) is 6.42 Å². The van der Waals surface area contributed by atoms with Gasteiger partial charge in [0.1, 0.15) is 0 Å². The predicted octanol–water partition coefficient (Wildman–Crippen LogP) is 4.85. The molecule has 0 aliphatic heterocycles. The fourth-order valence-corrected chi connectivity index (χ4v) is 3.79. The molecule has 0 spiro atoms. The van der Waals surface area contributed by atoms with E-state index in [9.17, 15) is 5.11 Å². The van der Waals surface area contributed by atoms with Crippen LogP contribution in [0.1, 0.15) is 39.2 Å². The second-order valence-electron chi connectivity index (χ2n) is 8.17. The van der Waals surface area contributed by atoms with E-state index in [1.807, 2.05) is 6.07 Å². The van der Waals surface area contributed by atoms with E-state index < -0.39 is 0 Å². The maximum Gasteiger partial charge on any atom is 0.0696 e. The molecule has 1 aliphatic carbocycles. The molecule has 2 N–H and O–H groups in total. The molecule has 136 valence electrons. The Morgan fingerprint density at radius 3 is 2.12 bits per heavy atom. The van der Waals surface area contributed by atoms with Gasteiger partial charge in [-0.2, -0.15) is 0 Å². The molecule has 0 aromatic heterocycles. The van der Waals surface area contributed by atoms with Crippen molar-refractivity contribution in [3.05, 3.63) is 60.2 Å². The average Bonchev–Trinajstić information content (AvgIpc) is 2.86. The summed E-state index contributed by atoms with van der Waals surface area (Å²) in [6, 6.07) is 19.6. The molecule has 0 heterocycles. The van der Waals surface area contributed by atoms with Gasteiger partial charge in [0.15, 0.2) is 0 Å². The third-order valence-electron chi connectivity index (χ3n) is 4.83. The fraction of sp³-hybridized carbons (Fsp3) is 0.455. The first-order chi connectivity index (χ1) is 11.4. The van der Waals surface area contributed by atoms with Gasteiger partial charge in [0.05, 0.1) is 6.10 Å². The van der Waals surface area contributed by atoms with Crippen LogP contribution in [0.4, 0.5) is 0 Å². The smallest absolute Gasteiger partial charge is 0.0696 e. The van der Waals surface area contributed by atoms with Gasteiger partial charge in [0, 0.05) is 11.6 Å². The Labute approximate surface area is 158 Å². The monoisotopic (exact) mass is 359 g/mol. The number of benzene rings is 2. The van der Waals surface area contributed by atoms with Gasteiger partial charge in [-0.3, -0.25) is 0 Å². The van der Waals surface area contributed by atoms with Gasteiger partial charge < -0.3 is 10.4 Å². The first kappa shape index (κ1) is 20.0. The van der Waals surface area contributed by atoms with E-state index in [1.54, 1.807) is 0 Å². The molecule has 3 rings (SSSR count). The molecular formula is C22H30ClNO. The van der Waals surface area contributed by atoms with Crippen molar-refractivity contribution in [1.82, 2.24) is 5.32 Å². The summed E-state index contributed by atoms with van der Waals surface area (Å²) in [7, 11) is 0. The van der Waals surface area contributed by atoms with Crippen LogP contribution in [0.5, 0.6) is 0 Å². The van der Waals surface area contributed by atoms with E-state index in [0.717, 1.165) is 19.3 Å². The van der Waals surface area contributed by atoms with Crippen molar-refractivity contribution in [2.75, 3.05) is 0 Å². The number of halogens is 1. The van der Waals surface area contributed by atoms with E-state index in [2.05, 4.69) is 74.6 Å². The Balaban J connectivity index is 0.00000225. The molecule has 25 heavy (non-hydrogen) atoms. The molecule has 0 radical (unpaired) electrons. The van der Waals surface area contributed by atoms with Crippen LogP contribution < -0.4 is 5.32 Å². The second kappa shape index (κ2) is 8.35. The minimum Gasteiger partial charge on any atom is -0.391 e. The molecule has 2 nitrogen and oxygen atoms in total. The number of hydrogen-bond acceptors (Lipinski definition) is 2. The zero-order valence-electron chi connectivity index (χ0n) is 15.4. The predicted molar refractivity (Wildman–Crippen MR) is 108 cm³/mol. The van der Waals surface area contributed by atoms with Crippen molar-refractivity contribution in [3.8, 4) is 11.1 Å². The van der Waals surface area contributed by atoms with Gasteiger partial charge in [0.25, 0.3) is 0 Å². The van der Waals surface area contributed by atoms with Crippen LogP contribution in [-0.4, -0.2) is 22.8 Å². The number of nitrogens with one attached hydrogen (secondary N) is 1. The number of aliphatic hydroxyl groups excluding tert-OH is 1.